The molecule has 0 saturated carbocycles. The highest BCUT2D eigenvalue weighted by atomic mass is 32.2. The number of nitro groups is 1. The third-order valence-corrected chi connectivity index (χ3v) is 8.67. The number of likely N-dealkylation sites (tertiary alicyclic amines) is 2. The molecule has 0 unspecified atom stereocenters. The van der Waals surface area contributed by atoms with Crippen molar-refractivity contribution in [1.82, 2.24) is 0 Å². The van der Waals surface area contributed by atoms with Gasteiger partial charge in [-0.1, -0.05) is 13.8 Å². The first kappa shape index (κ1) is 22.2. The van der Waals surface area contributed by atoms with Crippen LogP contribution in [0.3, 0.4) is 0 Å². The third-order valence-electron chi connectivity index (χ3n) is 6.84. The molecule has 29 heavy (non-hydrogen) atoms. The van der Waals surface area contributed by atoms with Crippen molar-refractivity contribution in [3.63, 3.8) is 0 Å². The fraction of sp³-hybridized carbons (Fsp3) is 0.714. The van der Waals surface area contributed by atoms with E-state index in [4.69, 9.17) is 0 Å². The average molecular weight is 426 g/mol. The van der Waals surface area contributed by atoms with Gasteiger partial charge in [0, 0.05) is 12.1 Å². The Hall–Kier alpha value is -1.51. The van der Waals surface area contributed by atoms with Crippen molar-refractivity contribution in [2.24, 2.45) is 11.8 Å². The monoisotopic (exact) mass is 425 g/mol. The summed E-state index contributed by atoms with van der Waals surface area (Å²) in [5.74, 6) is 1.60. The van der Waals surface area contributed by atoms with Crippen LogP contribution < -0.4 is 9.80 Å². The summed E-state index contributed by atoms with van der Waals surface area (Å²) in [5.41, 5.74) is -0.0805. The van der Waals surface area contributed by atoms with Gasteiger partial charge in [0.15, 0.2) is 15.9 Å². The second kappa shape index (κ2) is 9.53. The molecule has 1 atom stereocenters. The maximum Gasteiger partial charge on any atom is 0.269 e. The van der Waals surface area contributed by atoms with Gasteiger partial charge in [0.05, 0.1) is 36.0 Å². The SMILES string of the molecule is CC1CC[NH+](C[C@@H](CS(=O)(=O)c2ccc([N+](=O)[O-])cc2)[NH+]2CCC(C)CC2)CC1. The molecule has 0 aromatic heterocycles. The molecular formula is C21H35N3O4S+2. The lowest BCUT2D eigenvalue weighted by Crippen LogP contribution is -3.24. The number of quaternary nitrogens is 2. The van der Waals surface area contributed by atoms with E-state index in [2.05, 4.69) is 13.8 Å². The molecule has 2 N–H and O–H groups in total. The largest absolute Gasteiger partial charge is 0.330 e. The van der Waals surface area contributed by atoms with E-state index in [-0.39, 0.29) is 22.4 Å². The highest BCUT2D eigenvalue weighted by Gasteiger charge is 2.35. The normalized spacial score (nSPS) is 29.3. The van der Waals surface area contributed by atoms with Gasteiger partial charge in [-0.3, -0.25) is 10.1 Å². The summed E-state index contributed by atoms with van der Waals surface area (Å²) in [6, 6.07) is 5.41. The van der Waals surface area contributed by atoms with Crippen LogP contribution in [0.5, 0.6) is 0 Å². The van der Waals surface area contributed by atoms with Crippen molar-refractivity contribution in [3.05, 3.63) is 34.4 Å². The fourth-order valence-corrected chi connectivity index (χ4v) is 6.35. The minimum atomic E-state index is -3.48. The van der Waals surface area contributed by atoms with E-state index in [9.17, 15) is 18.5 Å². The summed E-state index contributed by atoms with van der Waals surface area (Å²) >= 11 is 0. The van der Waals surface area contributed by atoms with Crippen molar-refractivity contribution in [2.75, 3.05) is 38.5 Å². The van der Waals surface area contributed by atoms with E-state index < -0.39 is 14.8 Å². The second-order valence-corrected chi connectivity index (χ2v) is 11.2. The van der Waals surface area contributed by atoms with Crippen LogP contribution in [-0.2, 0) is 9.84 Å². The molecule has 8 heteroatoms. The molecule has 2 heterocycles. The minimum absolute atomic E-state index is 0.0751. The van der Waals surface area contributed by atoms with E-state index in [1.807, 2.05) is 0 Å². The van der Waals surface area contributed by atoms with Crippen LogP contribution in [0.1, 0.15) is 39.5 Å². The molecular weight excluding hydrogens is 390 g/mol. The average Bonchev–Trinajstić information content (AvgIpc) is 2.69. The Morgan fingerprint density at radius 3 is 2.03 bits per heavy atom. The van der Waals surface area contributed by atoms with E-state index >= 15 is 0 Å². The summed E-state index contributed by atoms with van der Waals surface area (Å²) in [7, 11) is -3.48. The summed E-state index contributed by atoms with van der Waals surface area (Å²) in [4.78, 5) is 13.5. The van der Waals surface area contributed by atoms with Crippen molar-refractivity contribution in [1.29, 1.82) is 0 Å². The smallest absolute Gasteiger partial charge is 0.269 e. The van der Waals surface area contributed by atoms with Crippen LogP contribution in [0.4, 0.5) is 5.69 Å². The van der Waals surface area contributed by atoms with Crippen LogP contribution in [0, 0.1) is 22.0 Å². The lowest BCUT2D eigenvalue weighted by molar-refractivity contribution is -0.980. The number of piperidine rings is 2. The number of benzene rings is 1. The van der Waals surface area contributed by atoms with Crippen LogP contribution in [0.25, 0.3) is 0 Å². The molecule has 0 radical (unpaired) electrons. The Morgan fingerprint density at radius 2 is 1.52 bits per heavy atom. The molecule has 162 valence electrons. The molecule has 0 spiro atoms. The lowest BCUT2D eigenvalue weighted by atomic mass is 9.97. The Morgan fingerprint density at radius 1 is 1.00 bits per heavy atom. The maximum atomic E-state index is 13.1. The number of hydrogen-bond acceptors (Lipinski definition) is 4. The zero-order valence-corrected chi connectivity index (χ0v) is 18.4. The number of hydrogen-bond donors (Lipinski definition) is 2. The first-order chi connectivity index (χ1) is 13.7. The van der Waals surface area contributed by atoms with Gasteiger partial charge in [0.2, 0.25) is 0 Å². The number of nitro benzene ring substituents is 1. The second-order valence-electron chi connectivity index (χ2n) is 9.21. The zero-order chi connectivity index (χ0) is 21.0. The molecule has 0 aliphatic carbocycles. The van der Waals surface area contributed by atoms with Gasteiger partial charge in [-0.05, 0) is 49.7 Å². The van der Waals surface area contributed by atoms with Crippen molar-refractivity contribution in [3.8, 4) is 0 Å². The summed E-state index contributed by atoms with van der Waals surface area (Å²) < 4.78 is 26.3. The number of nitrogens with one attached hydrogen (secondary N) is 2. The highest BCUT2D eigenvalue weighted by Crippen LogP contribution is 2.17. The Kier molecular flexibility index (Phi) is 7.29. The standard InChI is InChI=1S/C21H33N3O4S/c1-17-7-11-22(12-8-17)15-20(23-13-9-18(2)10-14-23)16-29(27,28)21-5-3-19(4-6-21)24(25)26/h3-6,17-18,20H,7-16H2,1-2H3/p+2/t20-/m0/s1. The van der Waals surface area contributed by atoms with E-state index in [0.29, 0.717) is 5.92 Å². The Balaban J connectivity index is 1.74. The van der Waals surface area contributed by atoms with Gasteiger partial charge in [-0.2, -0.15) is 0 Å². The molecule has 3 rings (SSSR count). The van der Waals surface area contributed by atoms with Crippen molar-refractivity contribution >= 4 is 15.5 Å². The van der Waals surface area contributed by atoms with Crippen LogP contribution in [-0.4, -0.2) is 57.9 Å². The lowest BCUT2D eigenvalue weighted by Gasteiger charge is -2.36. The number of non-ortho nitro benzene ring substituents is 1. The molecule has 2 fully saturated rings. The molecule has 7 nitrogen and oxygen atoms in total. The van der Waals surface area contributed by atoms with Crippen LogP contribution >= 0.6 is 0 Å². The highest BCUT2D eigenvalue weighted by molar-refractivity contribution is 7.91. The maximum absolute atomic E-state index is 13.1. The molecule has 1 aromatic rings. The number of sulfone groups is 1. The van der Waals surface area contributed by atoms with E-state index in [0.717, 1.165) is 51.5 Å². The molecule has 0 amide bonds. The summed E-state index contributed by atoms with van der Waals surface area (Å²) in [5, 5.41) is 10.9. The first-order valence-electron chi connectivity index (χ1n) is 10.9. The van der Waals surface area contributed by atoms with Gasteiger partial charge < -0.3 is 9.80 Å². The van der Waals surface area contributed by atoms with Gasteiger partial charge in [-0.15, -0.1) is 0 Å². The quantitative estimate of drug-likeness (QED) is 0.488. The molecule has 1 aromatic carbocycles. The molecule has 0 bridgehead atoms. The topological polar surface area (TPSA) is 86.2 Å². The summed E-state index contributed by atoms with van der Waals surface area (Å²) in [6.07, 6.45) is 4.72. The molecule has 2 saturated heterocycles. The van der Waals surface area contributed by atoms with Gasteiger partial charge >= 0.3 is 0 Å². The zero-order valence-electron chi connectivity index (χ0n) is 17.6. The number of rotatable bonds is 7. The van der Waals surface area contributed by atoms with Crippen LogP contribution in [0.15, 0.2) is 29.2 Å². The third kappa shape index (κ3) is 5.99. The van der Waals surface area contributed by atoms with Gasteiger partial charge in [0.25, 0.3) is 5.69 Å². The Labute approximate surface area is 174 Å². The first-order valence-corrected chi connectivity index (χ1v) is 12.5. The summed E-state index contributed by atoms with van der Waals surface area (Å²) in [6.45, 7) is 9.78. The molecule has 2 aliphatic heterocycles. The van der Waals surface area contributed by atoms with E-state index in [1.165, 1.54) is 46.9 Å². The van der Waals surface area contributed by atoms with Gasteiger partial charge in [-0.25, -0.2) is 8.42 Å². The van der Waals surface area contributed by atoms with Crippen LogP contribution in [0.2, 0.25) is 0 Å². The van der Waals surface area contributed by atoms with Gasteiger partial charge in [0.1, 0.15) is 12.3 Å². The van der Waals surface area contributed by atoms with E-state index in [1.54, 1.807) is 0 Å². The fourth-order valence-electron chi connectivity index (χ4n) is 4.72. The van der Waals surface area contributed by atoms with Crippen molar-refractivity contribution in [2.45, 2.75) is 50.5 Å². The Bertz CT molecular complexity index is 781. The number of nitrogens with zero attached hydrogens (tertiary/aromatic N) is 1. The van der Waals surface area contributed by atoms with Crippen molar-refractivity contribution < 1.29 is 23.1 Å². The predicted molar refractivity (Wildman–Crippen MR) is 112 cm³/mol. The molecule has 2 aliphatic rings. The minimum Gasteiger partial charge on any atom is -0.330 e. The predicted octanol–water partition coefficient (Wildman–Crippen LogP) is 0.367.